The molecule has 0 spiro atoms. The monoisotopic (exact) mass is 368 g/mol. The van der Waals surface area contributed by atoms with Gasteiger partial charge in [-0.2, -0.15) is 0 Å². The second-order valence-corrected chi connectivity index (χ2v) is 7.26. The van der Waals surface area contributed by atoms with Crippen LogP contribution in [0.3, 0.4) is 0 Å². The minimum Gasteiger partial charge on any atom is -0.497 e. The van der Waals surface area contributed by atoms with Gasteiger partial charge in [-0.15, -0.1) is 0 Å². The molecule has 26 heavy (non-hydrogen) atoms. The molecule has 6 heteroatoms. The molecule has 2 heterocycles. The number of fused-ring (bicyclic) bond motifs is 1. The molecular weight excluding hydrogens is 348 g/mol. The van der Waals surface area contributed by atoms with Gasteiger partial charge in [0.05, 0.1) is 30.0 Å². The van der Waals surface area contributed by atoms with Gasteiger partial charge in [0.15, 0.2) is 5.13 Å². The number of rotatable bonds is 5. The van der Waals surface area contributed by atoms with Gasteiger partial charge < -0.3 is 9.47 Å². The zero-order chi connectivity index (χ0) is 17.9. The van der Waals surface area contributed by atoms with Gasteiger partial charge in [-0.1, -0.05) is 29.5 Å². The Balaban J connectivity index is 1.70. The second-order valence-electron chi connectivity index (χ2n) is 6.25. The molecule has 1 unspecified atom stereocenters. The van der Waals surface area contributed by atoms with E-state index in [4.69, 9.17) is 9.47 Å². The van der Waals surface area contributed by atoms with E-state index in [1.54, 1.807) is 12.0 Å². The molecule has 1 fully saturated rings. The van der Waals surface area contributed by atoms with Crippen LogP contribution in [0.15, 0.2) is 48.5 Å². The standard InChI is InChI=1S/C20H20N2O3S/c1-24-15-9-10-17-18(12-15)26-20(21-17)22(13-16-8-5-11-25-16)19(23)14-6-3-2-4-7-14/h2-4,6-7,9-10,12,16H,5,8,11,13H2,1H3. The van der Waals surface area contributed by atoms with Crippen molar-refractivity contribution in [2.24, 2.45) is 0 Å². The van der Waals surface area contributed by atoms with Gasteiger partial charge in [-0.3, -0.25) is 9.69 Å². The summed E-state index contributed by atoms with van der Waals surface area (Å²) in [6.07, 6.45) is 2.07. The first-order valence-corrected chi connectivity index (χ1v) is 9.49. The minimum atomic E-state index is -0.0490. The van der Waals surface area contributed by atoms with Gasteiger partial charge in [0.25, 0.3) is 5.91 Å². The Morgan fingerprint density at radius 1 is 1.31 bits per heavy atom. The Hall–Kier alpha value is -2.44. The van der Waals surface area contributed by atoms with Crippen LogP contribution in [0.25, 0.3) is 10.2 Å². The lowest BCUT2D eigenvalue weighted by atomic mass is 10.2. The van der Waals surface area contributed by atoms with Crippen molar-refractivity contribution >= 4 is 32.6 Å². The summed E-state index contributed by atoms with van der Waals surface area (Å²) in [6, 6.07) is 15.1. The Labute approximate surface area is 156 Å². The fourth-order valence-electron chi connectivity index (χ4n) is 3.11. The quantitative estimate of drug-likeness (QED) is 0.679. The summed E-state index contributed by atoms with van der Waals surface area (Å²) < 4.78 is 12.1. The predicted molar refractivity (Wildman–Crippen MR) is 103 cm³/mol. The first-order valence-electron chi connectivity index (χ1n) is 8.67. The largest absolute Gasteiger partial charge is 0.497 e. The van der Waals surface area contributed by atoms with E-state index >= 15 is 0 Å². The molecule has 3 aromatic rings. The van der Waals surface area contributed by atoms with Crippen molar-refractivity contribution in [3.63, 3.8) is 0 Å². The number of methoxy groups -OCH3 is 1. The van der Waals surface area contributed by atoms with Gasteiger partial charge in [0.1, 0.15) is 5.75 Å². The summed E-state index contributed by atoms with van der Waals surface area (Å²) in [7, 11) is 1.64. The molecule has 2 aromatic carbocycles. The molecule has 0 radical (unpaired) electrons. The molecule has 134 valence electrons. The van der Waals surface area contributed by atoms with E-state index in [9.17, 15) is 4.79 Å². The highest BCUT2D eigenvalue weighted by atomic mass is 32.1. The van der Waals surface area contributed by atoms with Crippen LogP contribution in [0.1, 0.15) is 23.2 Å². The third-order valence-electron chi connectivity index (χ3n) is 4.49. The molecule has 0 bridgehead atoms. The molecule has 4 rings (SSSR count). The van der Waals surface area contributed by atoms with E-state index in [1.165, 1.54) is 11.3 Å². The zero-order valence-corrected chi connectivity index (χ0v) is 15.4. The Morgan fingerprint density at radius 2 is 2.15 bits per heavy atom. The Morgan fingerprint density at radius 3 is 2.88 bits per heavy atom. The summed E-state index contributed by atoms with van der Waals surface area (Å²) in [5.74, 6) is 0.736. The molecule has 1 aliphatic heterocycles. The van der Waals surface area contributed by atoms with E-state index in [-0.39, 0.29) is 12.0 Å². The third kappa shape index (κ3) is 3.43. The number of hydrogen-bond acceptors (Lipinski definition) is 5. The SMILES string of the molecule is COc1ccc2nc(N(CC3CCCO3)C(=O)c3ccccc3)sc2c1. The van der Waals surface area contributed by atoms with Gasteiger partial charge in [-0.25, -0.2) is 4.98 Å². The molecule has 0 saturated carbocycles. The molecule has 1 amide bonds. The summed E-state index contributed by atoms with van der Waals surface area (Å²) in [5.41, 5.74) is 1.52. The molecule has 1 aliphatic rings. The van der Waals surface area contributed by atoms with E-state index in [0.29, 0.717) is 17.2 Å². The number of ether oxygens (including phenoxy) is 2. The maximum Gasteiger partial charge on any atom is 0.260 e. The van der Waals surface area contributed by atoms with Crippen molar-refractivity contribution in [2.45, 2.75) is 18.9 Å². The van der Waals surface area contributed by atoms with Crippen molar-refractivity contribution in [2.75, 3.05) is 25.2 Å². The minimum absolute atomic E-state index is 0.0490. The summed E-state index contributed by atoms with van der Waals surface area (Å²) in [5, 5.41) is 0.692. The lowest BCUT2D eigenvalue weighted by molar-refractivity contribution is 0.0917. The molecule has 1 saturated heterocycles. The first kappa shape index (κ1) is 17.0. The molecular formula is C20H20N2O3S. The van der Waals surface area contributed by atoms with Crippen LogP contribution in [0.5, 0.6) is 5.75 Å². The number of carbonyl (C=O) groups excluding carboxylic acids is 1. The number of carbonyl (C=O) groups is 1. The van der Waals surface area contributed by atoms with E-state index in [2.05, 4.69) is 4.98 Å². The van der Waals surface area contributed by atoms with Crippen LogP contribution >= 0.6 is 11.3 Å². The molecule has 5 nitrogen and oxygen atoms in total. The molecule has 0 aliphatic carbocycles. The fraction of sp³-hybridized carbons (Fsp3) is 0.300. The lowest BCUT2D eigenvalue weighted by Gasteiger charge is -2.23. The Bertz CT molecular complexity index is 904. The number of benzene rings is 2. The smallest absolute Gasteiger partial charge is 0.260 e. The van der Waals surface area contributed by atoms with Crippen molar-refractivity contribution in [1.82, 2.24) is 4.98 Å². The van der Waals surface area contributed by atoms with Crippen molar-refractivity contribution < 1.29 is 14.3 Å². The summed E-state index contributed by atoms with van der Waals surface area (Å²) in [6.45, 7) is 1.28. The highest BCUT2D eigenvalue weighted by Gasteiger charge is 2.27. The normalized spacial score (nSPS) is 16.7. The second kappa shape index (κ2) is 7.43. The maximum atomic E-state index is 13.1. The fourth-order valence-corrected chi connectivity index (χ4v) is 4.11. The van der Waals surface area contributed by atoms with Crippen LogP contribution in [0.2, 0.25) is 0 Å². The average molecular weight is 368 g/mol. The van der Waals surface area contributed by atoms with E-state index in [1.807, 2.05) is 48.5 Å². The molecule has 1 atom stereocenters. The van der Waals surface area contributed by atoms with E-state index < -0.39 is 0 Å². The number of thiazole rings is 1. The van der Waals surface area contributed by atoms with Gasteiger partial charge >= 0.3 is 0 Å². The average Bonchev–Trinajstić information content (AvgIpc) is 3.34. The van der Waals surface area contributed by atoms with Crippen LogP contribution in [-0.2, 0) is 4.74 Å². The maximum absolute atomic E-state index is 13.1. The number of hydrogen-bond donors (Lipinski definition) is 0. The number of aromatic nitrogens is 1. The van der Waals surface area contributed by atoms with Gasteiger partial charge in [0.2, 0.25) is 0 Å². The molecule has 1 aromatic heterocycles. The highest BCUT2D eigenvalue weighted by Crippen LogP contribution is 2.33. The number of anilines is 1. The van der Waals surface area contributed by atoms with Gasteiger partial charge in [-0.05, 0) is 43.2 Å². The first-order chi connectivity index (χ1) is 12.7. The van der Waals surface area contributed by atoms with Crippen molar-refractivity contribution in [3.05, 3.63) is 54.1 Å². The number of nitrogens with zero attached hydrogens (tertiary/aromatic N) is 2. The zero-order valence-electron chi connectivity index (χ0n) is 14.6. The van der Waals surface area contributed by atoms with Crippen molar-refractivity contribution in [3.8, 4) is 5.75 Å². The van der Waals surface area contributed by atoms with E-state index in [0.717, 1.165) is 35.4 Å². The summed E-state index contributed by atoms with van der Waals surface area (Å²) in [4.78, 5) is 19.6. The lowest BCUT2D eigenvalue weighted by Crippen LogP contribution is -2.37. The van der Waals surface area contributed by atoms with Crippen molar-refractivity contribution in [1.29, 1.82) is 0 Å². The van der Waals surface area contributed by atoms with Crippen LogP contribution in [-0.4, -0.2) is 37.3 Å². The van der Waals surface area contributed by atoms with Crippen LogP contribution in [0.4, 0.5) is 5.13 Å². The topological polar surface area (TPSA) is 51.7 Å². The van der Waals surface area contributed by atoms with Crippen LogP contribution in [0, 0.1) is 0 Å². The van der Waals surface area contributed by atoms with Crippen LogP contribution < -0.4 is 9.64 Å². The Kier molecular flexibility index (Phi) is 4.86. The van der Waals surface area contributed by atoms with Gasteiger partial charge in [0, 0.05) is 12.2 Å². The number of amides is 1. The highest BCUT2D eigenvalue weighted by molar-refractivity contribution is 7.22. The predicted octanol–water partition coefficient (Wildman–Crippen LogP) is 4.13. The molecule has 0 N–H and O–H groups in total. The third-order valence-corrected chi connectivity index (χ3v) is 5.53. The summed E-state index contributed by atoms with van der Waals surface area (Å²) >= 11 is 1.50.